The molecule has 2 aromatic rings. The summed E-state index contributed by atoms with van der Waals surface area (Å²) in [6, 6.07) is 3.35. The minimum atomic E-state index is 0.360. The van der Waals surface area contributed by atoms with Gasteiger partial charge in [0.1, 0.15) is 12.9 Å². The van der Waals surface area contributed by atoms with E-state index in [9.17, 15) is 4.79 Å². The summed E-state index contributed by atoms with van der Waals surface area (Å²) in [5.41, 5.74) is 1.42. The first-order valence-corrected chi connectivity index (χ1v) is 8.12. The van der Waals surface area contributed by atoms with Crippen molar-refractivity contribution in [1.29, 1.82) is 0 Å². The van der Waals surface area contributed by atoms with Crippen molar-refractivity contribution >= 4 is 33.6 Å². The first-order valence-electron chi connectivity index (χ1n) is 6.45. The van der Waals surface area contributed by atoms with Crippen molar-refractivity contribution < 1.29 is 14.3 Å². The lowest BCUT2D eigenvalue weighted by Crippen LogP contribution is -2.00. The van der Waals surface area contributed by atoms with E-state index in [2.05, 4.69) is 34.8 Å². The van der Waals surface area contributed by atoms with Gasteiger partial charge in [0.25, 0.3) is 0 Å². The van der Waals surface area contributed by atoms with Gasteiger partial charge in [0.2, 0.25) is 0 Å². The largest absolute Gasteiger partial charge is 0.493 e. The molecular formula is C15H16BrNO3S. The van der Waals surface area contributed by atoms with Crippen molar-refractivity contribution in [2.75, 3.05) is 7.11 Å². The number of aromatic nitrogens is 1. The Bertz CT molecular complexity index is 640. The number of benzene rings is 1. The Morgan fingerprint density at radius 1 is 1.43 bits per heavy atom. The lowest BCUT2D eigenvalue weighted by molar-refractivity contribution is 0.112. The first-order chi connectivity index (χ1) is 10.0. The Balaban J connectivity index is 2.17. The molecule has 4 nitrogen and oxygen atoms in total. The van der Waals surface area contributed by atoms with E-state index >= 15 is 0 Å². The van der Waals surface area contributed by atoms with Crippen molar-refractivity contribution in [3.63, 3.8) is 0 Å². The average molecular weight is 370 g/mol. The number of thiazole rings is 1. The van der Waals surface area contributed by atoms with Gasteiger partial charge in [-0.25, -0.2) is 4.98 Å². The standard InChI is InChI=1S/C15H16BrNO3S/c1-9(2)15-17-11(8-21-15)7-20-14-12(16)4-10(6-18)5-13(14)19-3/h4-6,8-9H,7H2,1-3H3. The van der Waals surface area contributed by atoms with Crippen LogP contribution in [0, 0.1) is 0 Å². The molecule has 1 aromatic carbocycles. The van der Waals surface area contributed by atoms with E-state index in [1.807, 2.05) is 5.38 Å². The molecule has 112 valence electrons. The third-order valence-corrected chi connectivity index (χ3v) is 4.60. The molecule has 0 radical (unpaired) electrons. The van der Waals surface area contributed by atoms with Crippen LogP contribution in [0.1, 0.15) is 40.8 Å². The van der Waals surface area contributed by atoms with Crippen molar-refractivity contribution in [2.24, 2.45) is 0 Å². The fraction of sp³-hybridized carbons (Fsp3) is 0.333. The lowest BCUT2D eigenvalue weighted by Gasteiger charge is -2.12. The Kier molecular flexibility index (Phi) is 5.36. The maximum atomic E-state index is 10.9. The molecule has 1 heterocycles. The predicted octanol–water partition coefficient (Wildman–Crippen LogP) is 4.43. The molecular weight excluding hydrogens is 354 g/mol. The van der Waals surface area contributed by atoms with Crippen LogP contribution < -0.4 is 9.47 Å². The molecule has 2 rings (SSSR count). The lowest BCUT2D eigenvalue weighted by atomic mass is 10.2. The predicted molar refractivity (Wildman–Crippen MR) is 86.6 cm³/mol. The molecule has 0 aliphatic heterocycles. The Labute approximate surface area is 136 Å². The summed E-state index contributed by atoms with van der Waals surface area (Å²) in [5, 5.41) is 3.09. The molecule has 0 amide bonds. The second kappa shape index (κ2) is 7.04. The molecule has 0 unspecified atom stereocenters. The highest BCUT2D eigenvalue weighted by Gasteiger charge is 2.13. The molecule has 0 saturated heterocycles. The molecule has 0 spiro atoms. The van der Waals surface area contributed by atoms with E-state index in [1.165, 1.54) is 0 Å². The number of hydrogen-bond donors (Lipinski definition) is 0. The molecule has 0 bridgehead atoms. The van der Waals surface area contributed by atoms with E-state index in [0.717, 1.165) is 17.0 Å². The monoisotopic (exact) mass is 369 g/mol. The van der Waals surface area contributed by atoms with Crippen LogP contribution in [0.2, 0.25) is 0 Å². The fourth-order valence-corrected chi connectivity index (χ4v) is 3.14. The van der Waals surface area contributed by atoms with Crippen molar-refractivity contribution in [3.05, 3.63) is 38.3 Å². The number of nitrogens with zero attached hydrogens (tertiary/aromatic N) is 1. The van der Waals surface area contributed by atoms with Crippen molar-refractivity contribution in [1.82, 2.24) is 4.98 Å². The molecule has 0 fully saturated rings. The normalized spacial score (nSPS) is 10.7. The molecule has 0 aliphatic carbocycles. The van der Waals surface area contributed by atoms with Gasteiger partial charge < -0.3 is 9.47 Å². The van der Waals surface area contributed by atoms with Gasteiger partial charge in [-0.05, 0) is 28.1 Å². The topological polar surface area (TPSA) is 48.4 Å². The molecule has 0 aliphatic rings. The second-order valence-electron chi connectivity index (χ2n) is 4.77. The molecule has 21 heavy (non-hydrogen) atoms. The van der Waals surface area contributed by atoms with Gasteiger partial charge >= 0.3 is 0 Å². The molecule has 0 atom stereocenters. The molecule has 0 saturated carbocycles. The number of carbonyl (C=O) groups is 1. The van der Waals surface area contributed by atoms with Crippen LogP contribution in [0.5, 0.6) is 11.5 Å². The van der Waals surface area contributed by atoms with Crippen molar-refractivity contribution in [2.45, 2.75) is 26.4 Å². The maximum Gasteiger partial charge on any atom is 0.175 e. The number of carbonyl (C=O) groups excluding carboxylic acids is 1. The first kappa shape index (κ1) is 16.0. The summed E-state index contributed by atoms with van der Waals surface area (Å²) >= 11 is 5.03. The summed E-state index contributed by atoms with van der Waals surface area (Å²) in [6.45, 7) is 4.58. The van der Waals surface area contributed by atoms with E-state index in [0.29, 0.717) is 34.1 Å². The van der Waals surface area contributed by atoms with Gasteiger partial charge in [-0.1, -0.05) is 13.8 Å². The Morgan fingerprint density at radius 3 is 2.76 bits per heavy atom. The zero-order valence-electron chi connectivity index (χ0n) is 12.1. The Hall–Kier alpha value is -1.40. The minimum absolute atomic E-state index is 0.360. The quantitative estimate of drug-likeness (QED) is 0.706. The smallest absolute Gasteiger partial charge is 0.175 e. The van der Waals surface area contributed by atoms with E-state index < -0.39 is 0 Å². The van der Waals surface area contributed by atoms with Gasteiger partial charge in [0, 0.05) is 16.9 Å². The number of rotatable bonds is 6. The minimum Gasteiger partial charge on any atom is -0.493 e. The number of aldehydes is 1. The van der Waals surface area contributed by atoms with Crippen LogP contribution >= 0.6 is 27.3 Å². The van der Waals surface area contributed by atoms with Crippen LogP contribution in [-0.2, 0) is 6.61 Å². The molecule has 1 aromatic heterocycles. The summed E-state index contributed by atoms with van der Waals surface area (Å²) in [4.78, 5) is 15.4. The zero-order chi connectivity index (χ0) is 15.4. The van der Waals surface area contributed by atoms with Crippen LogP contribution in [0.15, 0.2) is 22.0 Å². The number of methoxy groups -OCH3 is 1. The van der Waals surface area contributed by atoms with E-state index in [-0.39, 0.29) is 0 Å². The molecule has 0 N–H and O–H groups in total. The van der Waals surface area contributed by atoms with E-state index in [4.69, 9.17) is 9.47 Å². The van der Waals surface area contributed by atoms with Crippen molar-refractivity contribution in [3.8, 4) is 11.5 Å². The van der Waals surface area contributed by atoms with Gasteiger partial charge in [0.05, 0.1) is 22.3 Å². The van der Waals surface area contributed by atoms with Crippen LogP contribution in [0.4, 0.5) is 0 Å². The highest BCUT2D eigenvalue weighted by molar-refractivity contribution is 9.10. The van der Waals surface area contributed by atoms with Gasteiger partial charge in [-0.15, -0.1) is 11.3 Å². The summed E-state index contributed by atoms with van der Waals surface area (Å²) < 4.78 is 11.7. The summed E-state index contributed by atoms with van der Waals surface area (Å²) in [6.07, 6.45) is 0.770. The van der Waals surface area contributed by atoms with Gasteiger partial charge in [-0.3, -0.25) is 4.79 Å². The SMILES string of the molecule is COc1cc(C=O)cc(Br)c1OCc1csc(C(C)C)n1. The Morgan fingerprint density at radius 2 is 2.19 bits per heavy atom. The molecule has 6 heteroatoms. The third kappa shape index (κ3) is 3.83. The van der Waals surface area contributed by atoms with E-state index in [1.54, 1.807) is 30.6 Å². The number of hydrogen-bond acceptors (Lipinski definition) is 5. The maximum absolute atomic E-state index is 10.9. The van der Waals surface area contributed by atoms with Gasteiger partial charge in [0.15, 0.2) is 11.5 Å². The van der Waals surface area contributed by atoms with Crippen LogP contribution in [0.3, 0.4) is 0 Å². The van der Waals surface area contributed by atoms with Gasteiger partial charge in [-0.2, -0.15) is 0 Å². The number of halogens is 1. The fourth-order valence-electron chi connectivity index (χ4n) is 1.75. The zero-order valence-corrected chi connectivity index (χ0v) is 14.5. The highest BCUT2D eigenvalue weighted by atomic mass is 79.9. The number of ether oxygens (including phenoxy) is 2. The van der Waals surface area contributed by atoms with Crippen LogP contribution in [0.25, 0.3) is 0 Å². The summed E-state index contributed by atoms with van der Waals surface area (Å²) in [5.74, 6) is 1.50. The summed E-state index contributed by atoms with van der Waals surface area (Å²) in [7, 11) is 1.54. The second-order valence-corrected chi connectivity index (χ2v) is 6.52. The third-order valence-electron chi connectivity index (χ3n) is 2.82. The van der Waals surface area contributed by atoms with Crippen LogP contribution in [-0.4, -0.2) is 18.4 Å². The highest BCUT2D eigenvalue weighted by Crippen LogP contribution is 2.37. The average Bonchev–Trinajstić information content (AvgIpc) is 2.94.